The van der Waals surface area contributed by atoms with Gasteiger partial charge in [-0.3, -0.25) is 0 Å². The summed E-state index contributed by atoms with van der Waals surface area (Å²) in [5, 5.41) is 4.66. The first kappa shape index (κ1) is 17.4. The van der Waals surface area contributed by atoms with Crippen LogP contribution in [-0.4, -0.2) is 29.4 Å². The minimum atomic E-state index is -3.27. The molecule has 2 aromatic carbocycles. The van der Waals surface area contributed by atoms with Crippen LogP contribution < -0.4 is 0 Å². The number of rotatable bonds is 5. The van der Waals surface area contributed by atoms with Crippen LogP contribution in [0.2, 0.25) is 0 Å². The third-order valence-corrected chi connectivity index (χ3v) is 5.30. The fraction of sp³-hybridized carbons (Fsp3) is 0.263. The second-order valence-corrected chi connectivity index (χ2v) is 8.14. The van der Waals surface area contributed by atoms with Crippen LogP contribution in [0.1, 0.15) is 26.3 Å². The van der Waals surface area contributed by atoms with E-state index in [0.29, 0.717) is 11.4 Å². The molecule has 0 amide bonds. The van der Waals surface area contributed by atoms with Crippen molar-refractivity contribution in [2.45, 2.75) is 31.2 Å². The van der Waals surface area contributed by atoms with E-state index in [4.69, 9.17) is 4.98 Å². The first-order valence-electron chi connectivity index (χ1n) is 8.22. The summed E-state index contributed by atoms with van der Waals surface area (Å²) in [7, 11) is -3.27. The van der Waals surface area contributed by atoms with Gasteiger partial charge in [0.1, 0.15) is 0 Å². The molecular formula is C19H21N3O2S. The Morgan fingerprint density at radius 3 is 2.36 bits per heavy atom. The summed E-state index contributed by atoms with van der Waals surface area (Å²) in [5.74, 6) is 1.32. The van der Waals surface area contributed by atoms with Gasteiger partial charge in [0, 0.05) is 17.4 Å². The van der Waals surface area contributed by atoms with E-state index in [9.17, 15) is 8.42 Å². The lowest BCUT2D eigenvalue weighted by Crippen LogP contribution is -2.07. The molecule has 3 rings (SSSR count). The highest BCUT2D eigenvalue weighted by Gasteiger charge is 2.17. The van der Waals surface area contributed by atoms with Gasteiger partial charge in [0.15, 0.2) is 21.5 Å². The molecule has 1 aromatic heterocycles. The molecule has 5 nitrogen and oxygen atoms in total. The van der Waals surface area contributed by atoms with Crippen LogP contribution in [0.5, 0.6) is 0 Å². The maximum atomic E-state index is 11.8. The van der Waals surface area contributed by atoms with Crippen molar-refractivity contribution in [3.8, 4) is 22.8 Å². The van der Waals surface area contributed by atoms with E-state index in [-0.39, 0.29) is 10.9 Å². The third kappa shape index (κ3) is 3.64. The molecule has 0 fully saturated rings. The number of hydrogen-bond donors (Lipinski definition) is 0. The lowest BCUT2D eigenvalue weighted by atomic mass is 10.2. The number of nitrogens with zero attached hydrogens (tertiary/aromatic N) is 3. The molecule has 1 heterocycles. The average molecular weight is 355 g/mol. The largest absolute Gasteiger partial charge is 0.242 e. The lowest BCUT2D eigenvalue weighted by Gasteiger charge is -2.11. The number of hydrogen-bond acceptors (Lipinski definition) is 4. The third-order valence-electron chi connectivity index (χ3n) is 4.19. The minimum Gasteiger partial charge on any atom is -0.242 e. The van der Waals surface area contributed by atoms with Gasteiger partial charge < -0.3 is 0 Å². The molecule has 1 unspecified atom stereocenters. The Bertz CT molecular complexity index is 979. The van der Waals surface area contributed by atoms with E-state index in [1.165, 1.54) is 6.26 Å². The topological polar surface area (TPSA) is 64.8 Å². The quantitative estimate of drug-likeness (QED) is 0.694. The SMILES string of the molecule is CCC(C)n1nc(-c2cccc(S(C)(=O)=O)c2)nc1-c1ccccc1. The van der Waals surface area contributed by atoms with Crippen molar-refractivity contribution in [3.05, 3.63) is 54.6 Å². The maximum Gasteiger partial charge on any atom is 0.181 e. The Morgan fingerprint density at radius 1 is 1.04 bits per heavy atom. The zero-order valence-corrected chi connectivity index (χ0v) is 15.4. The standard InChI is InChI=1S/C19H21N3O2S/c1-4-14(2)22-19(15-9-6-5-7-10-15)20-18(21-22)16-11-8-12-17(13-16)25(3,23)24/h5-14H,4H2,1-3H3. The van der Waals surface area contributed by atoms with Crippen molar-refractivity contribution in [2.24, 2.45) is 0 Å². The summed E-state index contributed by atoms with van der Waals surface area (Å²) in [6, 6.07) is 16.8. The molecule has 6 heteroatoms. The molecule has 0 aliphatic heterocycles. The second-order valence-electron chi connectivity index (χ2n) is 6.13. The van der Waals surface area contributed by atoms with Gasteiger partial charge in [-0.05, 0) is 25.5 Å². The van der Waals surface area contributed by atoms with Crippen LogP contribution in [0.4, 0.5) is 0 Å². The number of benzene rings is 2. The molecule has 1 atom stereocenters. The van der Waals surface area contributed by atoms with Crippen LogP contribution in [0.3, 0.4) is 0 Å². The van der Waals surface area contributed by atoms with Gasteiger partial charge in [0.2, 0.25) is 0 Å². The highest BCUT2D eigenvalue weighted by atomic mass is 32.2. The summed E-state index contributed by atoms with van der Waals surface area (Å²) < 4.78 is 25.6. The highest BCUT2D eigenvalue weighted by Crippen LogP contribution is 2.27. The van der Waals surface area contributed by atoms with Crippen LogP contribution in [0.25, 0.3) is 22.8 Å². The van der Waals surface area contributed by atoms with Crippen molar-refractivity contribution in [3.63, 3.8) is 0 Å². The van der Waals surface area contributed by atoms with E-state index in [2.05, 4.69) is 18.9 Å². The van der Waals surface area contributed by atoms with Crippen LogP contribution >= 0.6 is 0 Å². The maximum absolute atomic E-state index is 11.8. The van der Waals surface area contributed by atoms with Crippen molar-refractivity contribution in [1.82, 2.24) is 14.8 Å². The molecule has 0 bridgehead atoms. The Kier molecular flexibility index (Phi) is 4.72. The van der Waals surface area contributed by atoms with Gasteiger partial charge in [-0.25, -0.2) is 18.1 Å². The van der Waals surface area contributed by atoms with Gasteiger partial charge in [-0.1, -0.05) is 49.4 Å². The monoisotopic (exact) mass is 355 g/mol. The Hall–Kier alpha value is -2.47. The van der Waals surface area contributed by atoms with Gasteiger partial charge in [0.25, 0.3) is 0 Å². The van der Waals surface area contributed by atoms with E-state index >= 15 is 0 Å². The Morgan fingerprint density at radius 2 is 1.72 bits per heavy atom. The summed E-state index contributed by atoms with van der Waals surface area (Å²) in [6.07, 6.45) is 2.12. The Labute approximate surface area is 148 Å². The van der Waals surface area contributed by atoms with Crippen LogP contribution in [0.15, 0.2) is 59.5 Å². The predicted molar refractivity (Wildman–Crippen MR) is 99.0 cm³/mol. The van der Waals surface area contributed by atoms with Gasteiger partial charge >= 0.3 is 0 Å². The fourth-order valence-corrected chi connectivity index (χ4v) is 3.24. The molecule has 0 spiro atoms. The molecule has 130 valence electrons. The van der Waals surface area contributed by atoms with Crippen molar-refractivity contribution in [2.75, 3.05) is 6.26 Å². The average Bonchev–Trinajstić information content (AvgIpc) is 3.06. The zero-order chi connectivity index (χ0) is 18.0. The van der Waals surface area contributed by atoms with Crippen molar-refractivity contribution >= 4 is 9.84 Å². The fourth-order valence-electron chi connectivity index (χ4n) is 2.58. The molecule has 0 saturated heterocycles. The number of aromatic nitrogens is 3. The van der Waals surface area contributed by atoms with Crippen LogP contribution in [-0.2, 0) is 9.84 Å². The van der Waals surface area contributed by atoms with Crippen LogP contribution in [0, 0.1) is 0 Å². The summed E-state index contributed by atoms with van der Waals surface area (Å²) in [4.78, 5) is 4.97. The predicted octanol–water partition coefficient (Wildman–Crippen LogP) is 3.99. The summed E-state index contributed by atoms with van der Waals surface area (Å²) >= 11 is 0. The Balaban J connectivity index is 2.14. The molecule has 0 N–H and O–H groups in total. The summed E-state index contributed by atoms with van der Waals surface area (Å²) in [5.41, 5.74) is 1.68. The molecule has 0 saturated carbocycles. The normalized spacial score (nSPS) is 12.9. The smallest absolute Gasteiger partial charge is 0.181 e. The molecule has 0 aliphatic rings. The molecule has 25 heavy (non-hydrogen) atoms. The molecule has 0 aliphatic carbocycles. The van der Waals surface area contributed by atoms with E-state index in [0.717, 1.165) is 17.8 Å². The lowest BCUT2D eigenvalue weighted by molar-refractivity contribution is 0.483. The second kappa shape index (κ2) is 6.80. The summed E-state index contributed by atoms with van der Waals surface area (Å²) in [6.45, 7) is 4.20. The molecular weight excluding hydrogens is 334 g/mol. The van der Waals surface area contributed by atoms with E-state index in [1.54, 1.807) is 18.2 Å². The first-order chi connectivity index (χ1) is 11.9. The van der Waals surface area contributed by atoms with Crippen molar-refractivity contribution < 1.29 is 8.42 Å². The zero-order valence-electron chi connectivity index (χ0n) is 14.5. The van der Waals surface area contributed by atoms with E-state index in [1.807, 2.05) is 41.1 Å². The van der Waals surface area contributed by atoms with Gasteiger partial charge in [-0.2, -0.15) is 5.10 Å². The molecule has 0 radical (unpaired) electrons. The van der Waals surface area contributed by atoms with Gasteiger partial charge in [0.05, 0.1) is 10.9 Å². The highest BCUT2D eigenvalue weighted by molar-refractivity contribution is 7.90. The first-order valence-corrected chi connectivity index (χ1v) is 10.1. The van der Waals surface area contributed by atoms with E-state index < -0.39 is 9.84 Å². The minimum absolute atomic E-state index is 0.189. The number of sulfone groups is 1. The van der Waals surface area contributed by atoms with Gasteiger partial charge in [-0.15, -0.1) is 0 Å². The van der Waals surface area contributed by atoms with Crippen molar-refractivity contribution in [1.29, 1.82) is 0 Å². The molecule has 3 aromatic rings.